The standard InChI is InChI=1S/C13H15N3O3S/c1-2-19-11-4-3-9(5-8(11)6-17)15-12(18)10-7-20-13(14)16-10/h3-5,7,17H,2,6H2,1H3,(H2,14,16)(H,15,18). The number of nitrogens with two attached hydrogens (primary N) is 1. The van der Waals surface area contributed by atoms with E-state index in [9.17, 15) is 9.90 Å². The molecule has 2 rings (SSSR count). The summed E-state index contributed by atoms with van der Waals surface area (Å²) in [4.78, 5) is 15.8. The number of anilines is 2. The Kier molecular flexibility index (Phi) is 4.54. The second-order valence-corrected chi connectivity index (χ2v) is 4.83. The van der Waals surface area contributed by atoms with Gasteiger partial charge in [-0.25, -0.2) is 4.98 Å². The molecule has 106 valence electrons. The molecule has 0 radical (unpaired) electrons. The van der Waals surface area contributed by atoms with Gasteiger partial charge in [-0.15, -0.1) is 11.3 Å². The van der Waals surface area contributed by atoms with Gasteiger partial charge >= 0.3 is 0 Å². The predicted octanol–water partition coefficient (Wildman–Crippen LogP) is 1.87. The third kappa shape index (κ3) is 3.25. The minimum Gasteiger partial charge on any atom is -0.494 e. The van der Waals surface area contributed by atoms with Gasteiger partial charge in [-0.1, -0.05) is 0 Å². The quantitative estimate of drug-likeness (QED) is 0.782. The number of nitrogens with one attached hydrogen (secondary N) is 1. The van der Waals surface area contributed by atoms with Crippen LogP contribution in [0.3, 0.4) is 0 Å². The van der Waals surface area contributed by atoms with Gasteiger partial charge < -0.3 is 20.9 Å². The third-order valence-electron chi connectivity index (χ3n) is 2.54. The molecular weight excluding hydrogens is 278 g/mol. The van der Waals surface area contributed by atoms with Gasteiger partial charge in [-0.05, 0) is 25.1 Å². The summed E-state index contributed by atoms with van der Waals surface area (Å²) in [6.07, 6.45) is 0. The lowest BCUT2D eigenvalue weighted by Crippen LogP contribution is -2.12. The summed E-state index contributed by atoms with van der Waals surface area (Å²) < 4.78 is 5.38. The summed E-state index contributed by atoms with van der Waals surface area (Å²) in [7, 11) is 0. The first kappa shape index (κ1) is 14.3. The number of carbonyl (C=O) groups is 1. The second-order valence-electron chi connectivity index (χ2n) is 3.94. The van der Waals surface area contributed by atoms with E-state index in [1.165, 1.54) is 11.3 Å². The Morgan fingerprint density at radius 3 is 2.95 bits per heavy atom. The number of aromatic nitrogens is 1. The molecule has 0 bridgehead atoms. The topological polar surface area (TPSA) is 97.5 Å². The van der Waals surface area contributed by atoms with Gasteiger partial charge in [0.05, 0.1) is 13.2 Å². The van der Waals surface area contributed by atoms with E-state index < -0.39 is 0 Å². The van der Waals surface area contributed by atoms with E-state index in [2.05, 4.69) is 10.3 Å². The van der Waals surface area contributed by atoms with E-state index in [-0.39, 0.29) is 18.2 Å². The van der Waals surface area contributed by atoms with Crippen LogP contribution in [0, 0.1) is 0 Å². The smallest absolute Gasteiger partial charge is 0.275 e. The SMILES string of the molecule is CCOc1ccc(NC(=O)c2csc(N)n2)cc1CO. The molecule has 0 saturated heterocycles. The average molecular weight is 293 g/mol. The monoisotopic (exact) mass is 293 g/mol. The first-order valence-corrected chi connectivity index (χ1v) is 6.91. The Labute approximate surface area is 120 Å². The molecule has 4 N–H and O–H groups in total. The minimum absolute atomic E-state index is 0.164. The number of nitrogens with zero attached hydrogens (tertiary/aromatic N) is 1. The molecule has 0 aliphatic carbocycles. The summed E-state index contributed by atoms with van der Waals surface area (Å²) in [5.41, 5.74) is 6.93. The summed E-state index contributed by atoms with van der Waals surface area (Å²) in [6.45, 7) is 2.21. The van der Waals surface area contributed by atoms with Gasteiger partial charge in [0.15, 0.2) is 5.13 Å². The number of amides is 1. The summed E-state index contributed by atoms with van der Waals surface area (Å²) in [5.74, 6) is 0.261. The molecule has 6 nitrogen and oxygen atoms in total. The summed E-state index contributed by atoms with van der Waals surface area (Å²) in [5, 5.41) is 13.9. The van der Waals surface area contributed by atoms with E-state index in [0.717, 1.165) is 0 Å². The number of nitrogen functional groups attached to an aromatic ring is 1. The molecule has 1 aromatic carbocycles. The van der Waals surface area contributed by atoms with Crippen molar-refractivity contribution < 1.29 is 14.6 Å². The number of hydrogen-bond acceptors (Lipinski definition) is 6. The zero-order valence-electron chi connectivity index (χ0n) is 10.9. The van der Waals surface area contributed by atoms with E-state index in [1.54, 1.807) is 23.6 Å². The van der Waals surface area contributed by atoms with Crippen molar-refractivity contribution in [3.8, 4) is 5.75 Å². The van der Waals surface area contributed by atoms with Crippen molar-refractivity contribution in [3.63, 3.8) is 0 Å². The van der Waals surface area contributed by atoms with E-state index in [4.69, 9.17) is 10.5 Å². The van der Waals surface area contributed by atoms with Crippen molar-refractivity contribution in [2.24, 2.45) is 0 Å². The second kappa shape index (κ2) is 6.36. The maximum absolute atomic E-state index is 11.9. The van der Waals surface area contributed by atoms with Gasteiger partial charge in [-0.2, -0.15) is 0 Å². The van der Waals surface area contributed by atoms with E-state index in [1.807, 2.05) is 6.92 Å². The Bertz CT molecular complexity index is 613. The van der Waals surface area contributed by atoms with Crippen molar-refractivity contribution in [2.75, 3.05) is 17.7 Å². The van der Waals surface area contributed by atoms with Gasteiger partial charge in [0.2, 0.25) is 0 Å². The Morgan fingerprint density at radius 1 is 1.55 bits per heavy atom. The largest absolute Gasteiger partial charge is 0.494 e. The van der Waals surface area contributed by atoms with Crippen LogP contribution in [-0.4, -0.2) is 22.6 Å². The highest BCUT2D eigenvalue weighted by atomic mass is 32.1. The van der Waals surface area contributed by atoms with Crippen LogP contribution in [0.15, 0.2) is 23.6 Å². The van der Waals surface area contributed by atoms with Crippen LogP contribution in [0.4, 0.5) is 10.8 Å². The Morgan fingerprint density at radius 2 is 2.35 bits per heavy atom. The van der Waals surface area contributed by atoms with Crippen LogP contribution in [0.25, 0.3) is 0 Å². The molecule has 1 aromatic heterocycles. The molecule has 1 amide bonds. The van der Waals surface area contributed by atoms with E-state index >= 15 is 0 Å². The van der Waals surface area contributed by atoms with Crippen LogP contribution < -0.4 is 15.8 Å². The number of hydrogen-bond donors (Lipinski definition) is 3. The van der Waals surface area contributed by atoms with Crippen molar-refractivity contribution in [1.82, 2.24) is 4.98 Å². The predicted molar refractivity (Wildman–Crippen MR) is 78.0 cm³/mol. The van der Waals surface area contributed by atoms with Gasteiger partial charge in [0.1, 0.15) is 11.4 Å². The molecule has 0 aliphatic heterocycles. The molecule has 0 atom stereocenters. The average Bonchev–Trinajstić information content (AvgIpc) is 2.87. The Hall–Kier alpha value is -2.12. The molecule has 2 aromatic rings. The summed E-state index contributed by atoms with van der Waals surface area (Å²) in [6, 6.07) is 5.08. The van der Waals surface area contributed by atoms with Crippen LogP contribution in [-0.2, 0) is 6.61 Å². The molecule has 7 heteroatoms. The fraction of sp³-hybridized carbons (Fsp3) is 0.231. The molecule has 0 unspecified atom stereocenters. The maximum atomic E-state index is 11.9. The number of aliphatic hydroxyl groups is 1. The zero-order valence-corrected chi connectivity index (χ0v) is 11.7. The number of carbonyl (C=O) groups excluding carboxylic acids is 1. The lowest BCUT2D eigenvalue weighted by Gasteiger charge is -2.10. The van der Waals surface area contributed by atoms with Gasteiger partial charge in [0.25, 0.3) is 5.91 Å². The van der Waals surface area contributed by atoms with Gasteiger partial charge in [-0.3, -0.25) is 4.79 Å². The molecule has 0 saturated carbocycles. The molecule has 0 spiro atoms. The summed E-state index contributed by atoms with van der Waals surface area (Å²) >= 11 is 1.21. The first-order valence-electron chi connectivity index (χ1n) is 6.03. The molecule has 0 fully saturated rings. The van der Waals surface area contributed by atoms with Crippen LogP contribution in [0.1, 0.15) is 23.0 Å². The number of thiazole rings is 1. The van der Waals surface area contributed by atoms with Crippen molar-refractivity contribution in [2.45, 2.75) is 13.5 Å². The lowest BCUT2D eigenvalue weighted by molar-refractivity contribution is 0.102. The first-order chi connectivity index (χ1) is 9.63. The lowest BCUT2D eigenvalue weighted by atomic mass is 10.2. The highest BCUT2D eigenvalue weighted by Crippen LogP contribution is 2.23. The van der Waals surface area contributed by atoms with Crippen LogP contribution in [0.5, 0.6) is 5.75 Å². The highest BCUT2D eigenvalue weighted by Gasteiger charge is 2.11. The van der Waals surface area contributed by atoms with Crippen molar-refractivity contribution >= 4 is 28.1 Å². The number of benzene rings is 1. The highest BCUT2D eigenvalue weighted by molar-refractivity contribution is 7.13. The number of ether oxygens (including phenoxy) is 1. The Balaban J connectivity index is 2.15. The van der Waals surface area contributed by atoms with Crippen molar-refractivity contribution in [1.29, 1.82) is 0 Å². The molecule has 0 aliphatic rings. The fourth-order valence-electron chi connectivity index (χ4n) is 1.66. The molecule has 1 heterocycles. The fourth-order valence-corrected chi connectivity index (χ4v) is 2.21. The molecule has 20 heavy (non-hydrogen) atoms. The van der Waals surface area contributed by atoms with Crippen LogP contribution >= 0.6 is 11.3 Å². The molecular formula is C13H15N3O3S. The van der Waals surface area contributed by atoms with Crippen LogP contribution in [0.2, 0.25) is 0 Å². The number of rotatable bonds is 5. The minimum atomic E-state index is -0.342. The van der Waals surface area contributed by atoms with E-state index in [0.29, 0.717) is 28.7 Å². The van der Waals surface area contributed by atoms with Gasteiger partial charge in [0, 0.05) is 16.6 Å². The maximum Gasteiger partial charge on any atom is 0.275 e. The normalized spacial score (nSPS) is 10.3. The number of aliphatic hydroxyl groups excluding tert-OH is 1. The van der Waals surface area contributed by atoms with Crippen molar-refractivity contribution in [3.05, 3.63) is 34.8 Å². The zero-order chi connectivity index (χ0) is 14.5. The third-order valence-corrected chi connectivity index (χ3v) is 3.22.